The van der Waals surface area contributed by atoms with Crippen molar-refractivity contribution in [3.05, 3.63) is 35.9 Å². The van der Waals surface area contributed by atoms with Gasteiger partial charge in [-0.15, -0.1) is 0 Å². The van der Waals surface area contributed by atoms with Gasteiger partial charge in [-0.1, -0.05) is 37.3 Å². The molecule has 74 valence electrons. The second-order valence-corrected chi connectivity index (χ2v) is 3.36. The first-order valence-electron chi connectivity index (χ1n) is 4.40. The van der Waals surface area contributed by atoms with Gasteiger partial charge in [-0.2, -0.15) is 0 Å². The fourth-order valence-electron chi connectivity index (χ4n) is 1.28. The maximum atomic E-state index is 11.1. The van der Waals surface area contributed by atoms with Gasteiger partial charge in [0.2, 0.25) is 0 Å². The number of rotatable bonds is 3. The van der Waals surface area contributed by atoms with E-state index < -0.39 is 11.4 Å². The largest absolute Gasteiger partial charge is 0.481 e. The summed E-state index contributed by atoms with van der Waals surface area (Å²) in [6.07, 6.45) is 0.604. The average molecular weight is 205 g/mol. The van der Waals surface area contributed by atoms with Crippen LogP contribution in [-0.2, 0) is 10.2 Å². The Bertz CT molecular complexity index is 297. The van der Waals surface area contributed by atoms with Gasteiger partial charge in [-0.25, -0.2) is 0 Å². The molecule has 1 N–H and O–H groups in total. The maximum absolute atomic E-state index is 11.1. The van der Waals surface area contributed by atoms with Crippen molar-refractivity contribution in [2.75, 3.05) is 0 Å². The van der Waals surface area contributed by atoms with Crippen LogP contribution in [-0.4, -0.2) is 34.1 Å². The molecular formula is C11H16MgO2. The van der Waals surface area contributed by atoms with Crippen molar-refractivity contribution < 1.29 is 9.90 Å². The van der Waals surface area contributed by atoms with E-state index in [4.69, 9.17) is 5.11 Å². The van der Waals surface area contributed by atoms with Crippen LogP contribution in [0.1, 0.15) is 25.8 Å². The van der Waals surface area contributed by atoms with Crippen LogP contribution < -0.4 is 0 Å². The fraction of sp³-hybridized carbons (Fsp3) is 0.364. The van der Waals surface area contributed by atoms with Crippen molar-refractivity contribution in [3.8, 4) is 0 Å². The first-order chi connectivity index (χ1) is 6.11. The second-order valence-electron chi connectivity index (χ2n) is 3.36. The van der Waals surface area contributed by atoms with E-state index in [0.29, 0.717) is 6.42 Å². The summed E-state index contributed by atoms with van der Waals surface area (Å²) in [5, 5.41) is 9.09. The van der Waals surface area contributed by atoms with Crippen LogP contribution in [0.15, 0.2) is 30.3 Å². The van der Waals surface area contributed by atoms with Gasteiger partial charge in [0.05, 0.1) is 5.41 Å². The van der Waals surface area contributed by atoms with Crippen LogP contribution in [0.2, 0.25) is 0 Å². The molecule has 2 nitrogen and oxygen atoms in total. The lowest BCUT2D eigenvalue weighted by atomic mass is 9.80. The van der Waals surface area contributed by atoms with E-state index in [1.54, 1.807) is 6.92 Å². The first-order valence-corrected chi connectivity index (χ1v) is 4.40. The van der Waals surface area contributed by atoms with Crippen LogP contribution in [0.25, 0.3) is 0 Å². The quantitative estimate of drug-likeness (QED) is 0.758. The third-order valence-corrected chi connectivity index (χ3v) is 2.59. The van der Waals surface area contributed by atoms with Gasteiger partial charge in [0, 0.05) is 0 Å². The molecule has 14 heavy (non-hydrogen) atoms. The van der Waals surface area contributed by atoms with Crippen LogP contribution in [0.4, 0.5) is 0 Å². The molecule has 0 heterocycles. The molecule has 0 bridgehead atoms. The third kappa shape index (κ3) is 2.48. The van der Waals surface area contributed by atoms with E-state index >= 15 is 0 Å². The molecule has 0 aromatic heterocycles. The van der Waals surface area contributed by atoms with E-state index in [-0.39, 0.29) is 23.1 Å². The number of carboxylic acid groups (broad SMARTS) is 1. The molecule has 0 aliphatic rings. The highest BCUT2D eigenvalue weighted by molar-refractivity contribution is 5.80. The fourth-order valence-corrected chi connectivity index (χ4v) is 1.28. The SMILES string of the molecule is CCC(C)(C(=O)O)c1ccccc1.[MgH2]. The topological polar surface area (TPSA) is 37.3 Å². The van der Waals surface area contributed by atoms with Gasteiger partial charge in [-0.3, -0.25) is 4.79 Å². The lowest BCUT2D eigenvalue weighted by Crippen LogP contribution is -2.31. The van der Waals surface area contributed by atoms with Crippen LogP contribution in [0, 0.1) is 0 Å². The lowest BCUT2D eigenvalue weighted by molar-refractivity contribution is -0.143. The molecule has 0 aliphatic carbocycles. The number of hydrogen-bond acceptors (Lipinski definition) is 1. The molecular weight excluding hydrogens is 188 g/mol. The molecule has 0 amide bonds. The predicted molar refractivity (Wildman–Crippen MR) is 60.3 cm³/mol. The van der Waals surface area contributed by atoms with Gasteiger partial charge >= 0.3 is 29.0 Å². The molecule has 1 atom stereocenters. The molecule has 1 unspecified atom stereocenters. The van der Waals surface area contributed by atoms with Crippen LogP contribution in [0.5, 0.6) is 0 Å². The summed E-state index contributed by atoms with van der Waals surface area (Å²) in [7, 11) is 0. The molecule has 3 heteroatoms. The minimum Gasteiger partial charge on any atom is -0.481 e. The summed E-state index contributed by atoms with van der Waals surface area (Å²) in [4.78, 5) is 11.1. The van der Waals surface area contributed by atoms with E-state index in [1.807, 2.05) is 37.3 Å². The van der Waals surface area contributed by atoms with Gasteiger partial charge in [0.25, 0.3) is 0 Å². The Labute approximate surface area is 100 Å². The third-order valence-electron chi connectivity index (χ3n) is 2.59. The summed E-state index contributed by atoms with van der Waals surface area (Å²) in [5.74, 6) is -0.763. The summed E-state index contributed by atoms with van der Waals surface area (Å²) in [5.41, 5.74) is 0.117. The predicted octanol–water partition coefficient (Wildman–Crippen LogP) is 1.52. The smallest absolute Gasteiger partial charge is 0.316 e. The minimum absolute atomic E-state index is 0. The minimum atomic E-state index is -0.763. The number of aliphatic carboxylic acids is 1. The normalized spacial score (nSPS) is 13.9. The zero-order valence-corrected chi connectivity index (χ0v) is 7.95. The molecule has 0 spiro atoms. The molecule has 0 saturated heterocycles. The lowest BCUT2D eigenvalue weighted by Gasteiger charge is -2.23. The number of carbonyl (C=O) groups is 1. The second kappa shape index (κ2) is 5.36. The molecule has 1 aromatic rings. The molecule has 0 saturated carbocycles. The Morgan fingerprint density at radius 3 is 2.21 bits per heavy atom. The van der Waals surface area contributed by atoms with Crippen LogP contribution in [0.3, 0.4) is 0 Å². The van der Waals surface area contributed by atoms with E-state index in [2.05, 4.69) is 0 Å². The van der Waals surface area contributed by atoms with Crippen molar-refractivity contribution in [2.24, 2.45) is 0 Å². The van der Waals surface area contributed by atoms with E-state index in [1.165, 1.54) is 0 Å². The summed E-state index contributed by atoms with van der Waals surface area (Å²) < 4.78 is 0. The van der Waals surface area contributed by atoms with E-state index in [9.17, 15) is 4.79 Å². The van der Waals surface area contributed by atoms with Crippen molar-refractivity contribution >= 4 is 29.0 Å². The summed E-state index contributed by atoms with van der Waals surface area (Å²) in [6, 6.07) is 9.34. The number of hydrogen-bond donors (Lipinski definition) is 1. The Morgan fingerprint density at radius 2 is 1.86 bits per heavy atom. The summed E-state index contributed by atoms with van der Waals surface area (Å²) >= 11 is 0. The highest BCUT2D eigenvalue weighted by Gasteiger charge is 2.32. The molecule has 0 radical (unpaired) electrons. The Balaban J connectivity index is 0.00000169. The first kappa shape index (κ1) is 13.5. The Hall–Kier alpha value is -0.544. The van der Waals surface area contributed by atoms with Crippen molar-refractivity contribution in [1.82, 2.24) is 0 Å². The monoisotopic (exact) mass is 204 g/mol. The van der Waals surface area contributed by atoms with Gasteiger partial charge < -0.3 is 5.11 Å². The standard InChI is InChI=1S/C11H14O2.Mg.2H/c1-3-11(2,10(12)13)9-7-5-4-6-8-9;;;/h4-8H,3H2,1-2H3,(H,12,13);;;. The van der Waals surface area contributed by atoms with E-state index in [0.717, 1.165) is 5.56 Å². The zero-order chi connectivity index (χ0) is 9.90. The Kier molecular flexibility index (Phi) is 5.16. The zero-order valence-electron chi connectivity index (χ0n) is 7.95. The van der Waals surface area contributed by atoms with Gasteiger partial charge in [0.15, 0.2) is 0 Å². The van der Waals surface area contributed by atoms with Crippen LogP contribution >= 0.6 is 0 Å². The van der Waals surface area contributed by atoms with Gasteiger partial charge in [-0.05, 0) is 18.9 Å². The van der Waals surface area contributed by atoms with Crippen molar-refractivity contribution in [2.45, 2.75) is 25.7 Å². The van der Waals surface area contributed by atoms with Crippen molar-refractivity contribution in [3.63, 3.8) is 0 Å². The van der Waals surface area contributed by atoms with Gasteiger partial charge in [0.1, 0.15) is 0 Å². The highest BCUT2D eigenvalue weighted by Crippen LogP contribution is 2.27. The molecule has 1 aromatic carbocycles. The highest BCUT2D eigenvalue weighted by atomic mass is 24.3. The number of carboxylic acids is 1. The molecule has 0 aliphatic heterocycles. The van der Waals surface area contributed by atoms with Crippen molar-refractivity contribution in [1.29, 1.82) is 0 Å². The number of benzene rings is 1. The molecule has 0 fully saturated rings. The molecule has 1 rings (SSSR count). The average Bonchev–Trinajstić information content (AvgIpc) is 2.17. The summed E-state index contributed by atoms with van der Waals surface area (Å²) in [6.45, 7) is 3.64. The maximum Gasteiger partial charge on any atom is 0.316 e. The Morgan fingerprint density at radius 1 is 1.36 bits per heavy atom.